The van der Waals surface area contributed by atoms with E-state index in [1.165, 1.54) is 22.6 Å². The second-order valence-corrected chi connectivity index (χ2v) is 5.47. The molecule has 1 heterocycles. The summed E-state index contributed by atoms with van der Waals surface area (Å²) in [7, 11) is 0. The Kier molecular flexibility index (Phi) is 4.97. The summed E-state index contributed by atoms with van der Waals surface area (Å²) in [4.78, 5) is 1.46. The number of benzene rings is 1. The summed E-state index contributed by atoms with van der Waals surface area (Å²) in [6, 6.07) is 8.76. The molecule has 1 aliphatic rings. The van der Waals surface area contributed by atoms with Gasteiger partial charge in [0.15, 0.2) is 0 Å². The van der Waals surface area contributed by atoms with Gasteiger partial charge in [0.1, 0.15) is 0 Å². The minimum atomic E-state index is 0.684. The van der Waals surface area contributed by atoms with Crippen molar-refractivity contribution in [2.24, 2.45) is 0 Å². The quantitative estimate of drug-likeness (QED) is 0.610. The van der Waals surface area contributed by atoms with Crippen molar-refractivity contribution in [2.75, 3.05) is 18.8 Å². The van der Waals surface area contributed by atoms with Crippen LogP contribution in [0.4, 0.5) is 0 Å². The zero-order valence-corrected chi connectivity index (χ0v) is 10.9. The van der Waals surface area contributed by atoms with E-state index >= 15 is 0 Å². The lowest BCUT2D eigenvalue weighted by Crippen LogP contribution is -2.22. The van der Waals surface area contributed by atoms with Crippen molar-refractivity contribution < 1.29 is 0 Å². The first-order valence-electron chi connectivity index (χ1n) is 6.27. The summed E-state index contributed by atoms with van der Waals surface area (Å²) in [5.41, 5.74) is 1.52. The second-order valence-electron chi connectivity index (χ2n) is 4.41. The Labute approximate surface area is 108 Å². The highest BCUT2D eigenvalue weighted by Crippen LogP contribution is 2.38. The Morgan fingerprint density at radius 3 is 3.12 bits per heavy atom. The summed E-state index contributed by atoms with van der Waals surface area (Å²) in [6.45, 7) is 2.19. The van der Waals surface area contributed by atoms with Gasteiger partial charge in [-0.05, 0) is 31.0 Å². The van der Waals surface area contributed by atoms with Crippen LogP contribution in [0.25, 0.3) is 0 Å². The van der Waals surface area contributed by atoms with E-state index in [9.17, 15) is 0 Å². The van der Waals surface area contributed by atoms with Gasteiger partial charge >= 0.3 is 0 Å². The molecule has 2 rings (SSSR count). The molecule has 0 amide bonds. The molecule has 0 aromatic heterocycles. The van der Waals surface area contributed by atoms with E-state index in [0.717, 1.165) is 25.9 Å². The van der Waals surface area contributed by atoms with E-state index < -0.39 is 0 Å². The highest BCUT2D eigenvalue weighted by atomic mass is 32.2. The summed E-state index contributed by atoms with van der Waals surface area (Å²) >= 11 is 1.98. The summed E-state index contributed by atoms with van der Waals surface area (Å²) < 4.78 is 0. The predicted octanol–water partition coefficient (Wildman–Crippen LogP) is 3.27. The normalized spacial score (nSPS) is 17.7. The lowest BCUT2D eigenvalue weighted by molar-refractivity contribution is 0.590. The van der Waals surface area contributed by atoms with Gasteiger partial charge in [-0.1, -0.05) is 18.2 Å². The molecule has 0 bridgehead atoms. The zero-order valence-electron chi connectivity index (χ0n) is 10.1. The molecule has 1 unspecified atom stereocenters. The van der Waals surface area contributed by atoms with Gasteiger partial charge in [0.05, 0.1) is 0 Å². The number of terminal acetylenes is 1. The molecule has 0 saturated heterocycles. The third-order valence-electron chi connectivity index (χ3n) is 3.11. The first-order valence-corrected chi connectivity index (χ1v) is 7.26. The van der Waals surface area contributed by atoms with Gasteiger partial charge < -0.3 is 5.32 Å². The van der Waals surface area contributed by atoms with E-state index in [2.05, 4.69) is 35.5 Å². The van der Waals surface area contributed by atoms with E-state index in [-0.39, 0.29) is 0 Å². The van der Waals surface area contributed by atoms with Gasteiger partial charge in [0.2, 0.25) is 0 Å². The van der Waals surface area contributed by atoms with Crippen LogP contribution in [0, 0.1) is 12.3 Å². The molecule has 0 radical (unpaired) electrons. The third kappa shape index (κ3) is 3.52. The molecule has 1 aromatic rings. The summed E-state index contributed by atoms with van der Waals surface area (Å²) in [5.74, 6) is 4.58. The van der Waals surface area contributed by atoms with Crippen LogP contribution in [0.5, 0.6) is 0 Å². The Bertz CT molecular complexity index is 394. The van der Waals surface area contributed by atoms with E-state index in [4.69, 9.17) is 6.42 Å². The number of unbranched alkanes of at least 4 members (excludes halogenated alkanes) is 2. The van der Waals surface area contributed by atoms with Crippen molar-refractivity contribution in [1.82, 2.24) is 5.32 Å². The van der Waals surface area contributed by atoms with Gasteiger partial charge in [-0.15, -0.1) is 24.1 Å². The van der Waals surface area contributed by atoms with Crippen LogP contribution >= 0.6 is 11.8 Å². The zero-order chi connectivity index (χ0) is 11.9. The summed E-state index contributed by atoms with van der Waals surface area (Å²) in [6.07, 6.45) is 8.45. The Morgan fingerprint density at radius 2 is 2.24 bits per heavy atom. The molecule has 1 N–H and O–H groups in total. The van der Waals surface area contributed by atoms with Crippen LogP contribution in [-0.4, -0.2) is 18.8 Å². The highest BCUT2D eigenvalue weighted by molar-refractivity contribution is 7.99. The second kappa shape index (κ2) is 6.74. The monoisotopic (exact) mass is 245 g/mol. The van der Waals surface area contributed by atoms with Gasteiger partial charge in [0, 0.05) is 29.5 Å². The highest BCUT2D eigenvalue weighted by Gasteiger charge is 2.21. The molecule has 1 nitrogen and oxygen atoms in total. The molecule has 1 aromatic carbocycles. The fourth-order valence-electron chi connectivity index (χ4n) is 2.15. The molecule has 0 aliphatic carbocycles. The maximum absolute atomic E-state index is 5.22. The van der Waals surface area contributed by atoms with Crippen molar-refractivity contribution >= 4 is 11.8 Å². The maximum atomic E-state index is 5.22. The van der Waals surface area contributed by atoms with Crippen LogP contribution in [-0.2, 0) is 0 Å². The lowest BCUT2D eigenvalue weighted by Gasteiger charge is -2.11. The molecular weight excluding hydrogens is 226 g/mol. The van der Waals surface area contributed by atoms with E-state index in [1.54, 1.807) is 0 Å². The van der Waals surface area contributed by atoms with Crippen molar-refractivity contribution in [2.45, 2.75) is 30.1 Å². The van der Waals surface area contributed by atoms with Gasteiger partial charge in [-0.3, -0.25) is 0 Å². The van der Waals surface area contributed by atoms with Crippen LogP contribution in [0.3, 0.4) is 0 Å². The van der Waals surface area contributed by atoms with Crippen molar-refractivity contribution in [1.29, 1.82) is 0 Å². The molecule has 1 aliphatic heterocycles. The standard InChI is InChI=1S/C15H19NS/c1-2-3-4-7-10-16-11-13-12-17-15-9-6-5-8-14(13)15/h1,5-6,8-9,13,16H,3-4,7,10-12H2. The average molecular weight is 245 g/mol. The number of hydrogen-bond donors (Lipinski definition) is 1. The van der Waals surface area contributed by atoms with Gasteiger partial charge in [-0.25, -0.2) is 0 Å². The molecule has 2 heteroatoms. The number of rotatable bonds is 6. The molecule has 90 valence electrons. The van der Waals surface area contributed by atoms with E-state index in [1.807, 2.05) is 11.8 Å². The van der Waals surface area contributed by atoms with Crippen molar-refractivity contribution in [3.05, 3.63) is 29.8 Å². The average Bonchev–Trinajstić information content (AvgIpc) is 2.77. The molecular formula is C15H19NS. The van der Waals surface area contributed by atoms with Crippen molar-refractivity contribution in [3.8, 4) is 12.3 Å². The first-order chi connectivity index (χ1) is 8.42. The van der Waals surface area contributed by atoms with Crippen LogP contribution in [0.15, 0.2) is 29.2 Å². The van der Waals surface area contributed by atoms with Gasteiger partial charge in [-0.2, -0.15) is 0 Å². The third-order valence-corrected chi connectivity index (χ3v) is 4.37. The van der Waals surface area contributed by atoms with E-state index in [0.29, 0.717) is 5.92 Å². The Hall–Kier alpha value is -0.910. The SMILES string of the molecule is C#CCCCCNCC1CSc2ccccc21. The number of thioether (sulfide) groups is 1. The Morgan fingerprint density at radius 1 is 1.35 bits per heavy atom. The molecule has 0 saturated carbocycles. The van der Waals surface area contributed by atoms with Crippen LogP contribution in [0.1, 0.15) is 30.7 Å². The summed E-state index contributed by atoms with van der Waals surface area (Å²) in [5, 5.41) is 3.55. The topological polar surface area (TPSA) is 12.0 Å². The first kappa shape index (κ1) is 12.5. The fraction of sp³-hybridized carbons (Fsp3) is 0.467. The maximum Gasteiger partial charge on any atom is 0.0108 e. The largest absolute Gasteiger partial charge is 0.316 e. The fourth-order valence-corrected chi connectivity index (χ4v) is 3.41. The predicted molar refractivity (Wildman–Crippen MR) is 75.5 cm³/mol. The molecule has 1 atom stereocenters. The molecule has 0 spiro atoms. The smallest absolute Gasteiger partial charge is 0.0108 e. The minimum Gasteiger partial charge on any atom is -0.316 e. The molecule has 0 fully saturated rings. The Balaban J connectivity index is 1.70. The number of nitrogens with one attached hydrogen (secondary N) is 1. The van der Waals surface area contributed by atoms with Gasteiger partial charge in [0.25, 0.3) is 0 Å². The molecule has 17 heavy (non-hydrogen) atoms. The van der Waals surface area contributed by atoms with Crippen molar-refractivity contribution in [3.63, 3.8) is 0 Å². The minimum absolute atomic E-state index is 0.684. The van der Waals surface area contributed by atoms with Crippen LogP contribution in [0.2, 0.25) is 0 Å². The number of hydrogen-bond acceptors (Lipinski definition) is 2. The number of fused-ring (bicyclic) bond motifs is 1. The van der Waals surface area contributed by atoms with Crippen LogP contribution < -0.4 is 5.32 Å². The lowest BCUT2D eigenvalue weighted by atomic mass is 10.0.